The lowest BCUT2D eigenvalue weighted by atomic mass is 10.1. The predicted molar refractivity (Wildman–Crippen MR) is 78.1 cm³/mol. The smallest absolute Gasteiger partial charge is 0.233 e. The first-order valence-corrected chi connectivity index (χ1v) is 7.35. The van der Waals surface area contributed by atoms with E-state index in [1.54, 1.807) is 0 Å². The van der Waals surface area contributed by atoms with Crippen LogP contribution in [0.2, 0.25) is 0 Å². The molecule has 1 aromatic rings. The van der Waals surface area contributed by atoms with Gasteiger partial charge in [-0.05, 0) is 34.7 Å². The highest BCUT2D eigenvalue weighted by Crippen LogP contribution is 2.28. The average molecular weight is 316 g/mol. The van der Waals surface area contributed by atoms with Gasteiger partial charge in [0, 0.05) is 6.54 Å². The highest BCUT2D eigenvalue weighted by atomic mass is 79.9. The van der Waals surface area contributed by atoms with Crippen molar-refractivity contribution in [3.8, 4) is 5.88 Å². The first-order chi connectivity index (χ1) is 8.69. The minimum Gasteiger partial charge on any atom is -0.476 e. The highest BCUT2D eigenvalue weighted by molar-refractivity contribution is 9.10. The second-order valence-corrected chi connectivity index (χ2v) is 5.27. The van der Waals surface area contributed by atoms with Crippen molar-refractivity contribution in [2.24, 2.45) is 5.92 Å². The largest absolute Gasteiger partial charge is 0.476 e. The van der Waals surface area contributed by atoms with Gasteiger partial charge in [0.05, 0.1) is 6.61 Å². The van der Waals surface area contributed by atoms with Crippen LogP contribution in [-0.2, 0) is 0 Å². The first-order valence-electron chi connectivity index (χ1n) is 6.56. The van der Waals surface area contributed by atoms with Crippen molar-refractivity contribution in [1.29, 1.82) is 0 Å². The number of nitrogens with zero attached hydrogens (tertiary/aromatic N) is 2. The van der Waals surface area contributed by atoms with E-state index in [4.69, 9.17) is 4.74 Å². The van der Waals surface area contributed by atoms with Crippen LogP contribution >= 0.6 is 15.9 Å². The van der Waals surface area contributed by atoms with Gasteiger partial charge in [0.2, 0.25) is 5.88 Å². The number of halogens is 1. The number of hydrogen-bond acceptors (Lipinski definition) is 4. The maximum absolute atomic E-state index is 5.73. The van der Waals surface area contributed by atoms with Gasteiger partial charge in [-0.2, -0.15) is 0 Å². The molecule has 102 valence electrons. The molecule has 0 saturated carbocycles. The van der Waals surface area contributed by atoms with Gasteiger partial charge >= 0.3 is 0 Å². The number of nitrogens with one attached hydrogen (secondary N) is 1. The molecular formula is C13H22BrN3O. The Morgan fingerprint density at radius 3 is 2.78 bits per heavy atom. The molecule has 0 aliphatic carbocycles. The van der Waals surface area contributed by atoms with Gasteiger partial charge < -0.3 is 10.1 Å². The van der Waals surface area contributed by atoms with Crippen LogP contribution in [0.3, 0.4) is 0 Å². The summed E-state index contributed by atoms with van der Waals surface area (Å²) in [5.74, 6) is 1.96. The Hall–Kier alpha value is -0.840. The molecule has 0 amide bonds. The summed E-state index contributed by atoms with van der Waals surface area (Å²) < 4.78 is 6.54. The lowest BCUT2D eigenvalue weighted by Gasteiger charge is -2.13. The van der Waals surface area contributed by atoms with Crippen LogP contribution in [0, 0.1) is 5.92 Å². The van der Waals surface area contributed by atoms with E-state index >= 15 is 0 Å². The summed E-state index contributed by atoms with van der Waals surface area (Å²) >= 11 is 3.49. The average Bonchev–Trinajstić information content (AvgIpc) is 2.36. The summed E-state index contributed by atoms with van der Waals surface area (Å²) in [5.41, 5.74) is 0. The van der Waals surface area contributed by atoms with Gasteiger partial charge in [-0.3, -0.25) is 0 Å². The van der Waals surface area contributed by atoms with Crippen molar-refractivity contribution >= 4 is 21.7 Å². The molecule has 0 saturated heterocycles. The normalized spacial score (nSPS) is 12.2. The lowest BCUT2D eigenvalue weighted by Crippen LogP contribution is -2.11. The van der Waals surface area contributed by atoms with E-state index in [-0.39, 0.29) is 0 Å². The summed E-state index contributed by atoms with van der Waals surface area (Å²) in [6, 6.07) is 0. The number of rotatable bonds is 8. The SMILES string of the molecule is CCCNc1ncnc(OCC(C)CCC)c1Br. The van der Waals surface area contributed by atoms with Crippen molar-refractivity contribution < 1.29 is 4.74 Å². The van der Waals surface area contributed by atoms with Gasteiger partial charge in [-0.15, -0.1) is 0 Å². The van der Waals surface area contributed by atoms with Crippen LogP contribution in [0.15, 0.2) is 10.8 Å². The molecule has 1 aromatic heterocycles. The standard InChI is InChI=1S/C13H22BrN3O/c1-4-6-10(3)8-18-13-11(14)12(15-7-5-2)16-9-17-13/h9-10H,4-8H2,1-3H3,(H,15,16,17). The third-order valence-corrected chi connectivity index (χ3v) is 3.30. The van der Waals surface area contributed by atoms with Crippen molar-refractivity contribution in [3.05, 3.63) is 10.8 Å². The number of aromatic nitrogens is 2. The van der Waals surface area contributed by atoms with Gasteiger partial charge in [-0.25, -0.2) is 9.97 Å². The summed E-state index contributed by atoms with van der Waals surface area (Å²) in [6.07, 6.45) is 4.94. The summed E-state index contributed by atoms with van der Waals surface area (Å²) in [6.45, 7) is 8.07. The third kappa shape index (κ3) is 4.80. The Bertz CT molecular complexity index is 360. The fourth-order valence-corrected chi connectivity index (χ4v) is 2.08. The van der Waals surface area contributed by atoms with Crippen LogP contribution in [0.25, 0.3) is 0 Å². The van der Waals surface area contributed by atoms with E-state index in [1.165, 1.54) is 19.2 Å². The molecular weight excluding hydrogens is 294 g/mol. The lowest BCUT2D eigenvalue weighted by molar-refractivity contribution is 0.241. The van der Waals surface area contributed by atoms with Crippen molar-refractivity contribution in [3.63, 3.8) is 0 Å². The Morgan fingerprint density at radius 2 is 2.11 bits per heavy atom. The second kappa shape index (κ2) is 8.29. The van der Waals surface area contributed by atoms with Gasteiger partial charge in [-0.1, -0.05) is 27.2 Å². The van der Waals surface area contributed by atoms with E-state index < -0.39 is 0 Å². The Labute approximate surface area is 118 Å². The first kappa shape index (κ1) is 15.2. The third-order valence-electron chi connectivity index (χ3n) is 2.59. The number of hydrogen-bond donors (Lipinski definition) is 1. The molecule has 1 atom stereocenters. The fraction of sp³-hybridized carbons (Fsp3) is 0.692. The van der Waals surface area contributed by atoms with Crippen molar-refractivity contribution in [2.45, 2.75) is 40.0 Å². The van der Waals surface area contributed by atoms with E-state index in [1.807, 2.05) is 0 Å². The van der Waals surface area contributed by atoms with Crippen molar-refractivity contribution in [2.75, 3.05) is 18.5 Å². The Kier molecular flexibility index (Phi) is 7.01. The zero-order valence-corrected chi connectivity index (χ0v) is 13.0. The molecule has 0 aromatic carbocycles. The fourth-order valence-electron chi connectivity index (χ4n) is 1.62. The minimum atomic E-state index is 0.545. The molecule has 0 bridgehead atoms. The van der Waals surface area contributed by atoms with Gasteiger partial charge in [0.25, 0.3) is 0 Å². The second-order valence-electron chi connectivity index (χ2n) is 4.47. The Morgan fingerprint density at radius 1 is 1.33 bits per heavy atom. The van der Waals surface area contributed by atoms with Crippen LogP contribution in [-0.4, -0.2) is 23.1 Å². The molecule has 1 heterocycles. The molecule has 0 fully saturated rings. The highest BCUT2D eigenvalue weighted by Gasteiger charge is 2.10. The predicted octanol–water partition coefficient (Wildman–Crippen LogP) is 3.88. The van der Waals surface area contributed by atoms with E-state index in [9.17, 15) is 0 Å². The molecule has 0 spiro atoms. The molecule has 1 rings (SSSR count). The molecule has 0 radical (unpaired) electrons. The van der Waals surface area contributed by atoms with Gasteiger partial charge in [0.15, 0.2) is 0 Å². The summed E-state index contributed by atoms with van der Waals surface area (Å²) in [4.78, 5) is 8.35. The zero-order valence-electron chi connectivity index (χ0n) is 11.4. The van der Waals surface area contributed by atoms with Crippen LogP contribution < -0.4 is 10.1 Å². The molecule has 4 nitrogen and oxygen atoms in total. The number of anilines is 1. The molecule has 1 N–H and O–H groups in total. The van der Waals surface area contributed by atoms with E-state index in [0.29, 0.717) is 18.4 Å². The van der Waals surface area contributed by atoms with E-state index in [0.717, 1.165) is 23.3 Å². The Balaban J connectivity index is 2.60. The quantitative estimate of drug-likeness (QED) is 0.791. The molecule has 5 heteroatoms. The molecule has 1 unspecified atom stereocenters. The maximum atomic E-state index is 5.73. The summed E-state index contributed by atoms with van der Waals surface area (Å²) in [7, 11) is 0. The van der Waals surface area contributed by atoms with Crippen LogP contribution in [0.1, 0.15) is 40.0 Å². The molecule has 0 aliphatic heterocycles. The monoisotopic (exact) mass is 315 g/mol. The summed E-state index contributed by atoms with van der Waals surface area (Å²) in [5, 5.41) is 3.24. The minimum absolute atomic E-state index is 0.545. The van der Waals surface area contributed by atoms with Crippen molar-refractivity contribution in [1.82, 2.24) is 9.97 Å². The van der Waals surface area contributed by atoms with Crippen LogP contribution in [0.5, 0.6) is 5.88 Å². The maximum Gasteiger partial charge on any atom is 0.233 e. The van der Waals surface area contributed by atoms with Crippen LogP contribution in [0.4, 0.5) is 5.82 Å². The number of ether oxygens (including phenoxy) is 1. The van der Waals surface area contributed by atoms with E-state index in [2.05, 4.69) is 52.0 Å². The zero-order chi connectivity index (χ0) is 13.4. The molecule has 0 aliphatic rings. The van der Waals surface area contributed by atoms with Gasteiger partial charge in [0.1, 0.15) is 16.6 Å². The molecule has 18 heavy (non-hydrogen) atoms. The topological polar surface area (TPSA) is 47.0 Å².